The standard InChI is InChI=1S/C21H23N3O5/c25-18(23-19-14-5-11-4-12(7-14)8-15(19)6-11)10-29-21(26)16-9-13-2-1-3-17(24(27)28)20(13)22-16/h1-3,9,11-12,14-15,19,22H,4-8,10H2,(H,23,25). The second-order valence-electron chi connectivity index (χ2n) is 8.78. The number of nitro groups is 1. The van der Waals surface area contributed by atoms with E-state index in [2.05, 4.69) is 10.3 Å². The van der Waals surface area contributed by atoms with E-state index >= 15 is 0 Å². The zero-order valence-electron chi connectivity index (χ0n) is 15.9. The normalized spacial score (nSPS) is 29.7. The van der Waals surface area contributed by atoms with Crippen molar-refractivity contribution in [3.8, 4) is 0 Å². The number of fused-ring (bicyclic) bond motifs is 1. The zero-order chi connectivity index (χ0) is 20.1. The first-order chi connectivity index (χ1) is 14.0. The van der Waals surface area contributed by atoms with Gasteiger partial charge in [-0.15, -0.1) is 0 Å². The molecule has 0 radical (unpaired) electrons. The highest BCUT2D eigenvalue weighted by Crippen LogP contribution is 2.53. The van der Waals surface area contributed by atoms with Gasteiger partial charge < -0.3 is 15.0 Å². The maximum absolute atomic E-state index is 12.4. The van der Waals surface area contributed by atoms with Crippen LogP contribution in [0, 0.1) is 33.8 Å². The number of H-pyrrole nitrogens is 1. The topological polar surface area (TPSA) is 114 Å². The Kier molecular flexibility index (Phi) is 4.29. The lowest BCUT2D eigenvalue weighted by atomic mass is 9.54. The molecule has 4 fully saturated rings. The van der Waals surface area contributed by atoms with Crippen LogP contribution in [-0.4, -0.2) is 34.4 Å². The first kappa shape index (κ1) is 18.1. The number of hydrogen-bond acceptors (Lipinski definition) is 5. The number of hydrogen-bond donors (Lipinski definition) is 2. The molecule has 0 spiro atoms. The summed E-state index contributed by atoms with van der Waals surface area (Å²) in [4.78, 5) is 38.1. The molecule has 4 aliphatic carbocycles. The van der Waals surface area contributed by atoms with Crippen LogP contribution in [0.3, 0.4) is 0 Å². The largest absolute Gasteiger partial charge is 0.451 e. The van der Waals surface area contributed by atoms with Crippen molar-refractivity contribution in [2.24, 2.45) is 23.7 Å². The Bertz CT molecular complexity index is 969. The van der Waals surface area contributed by atoms with Gasteiger partial charge >= 0.3 is 5.97 Å². The Hall–Kier alpha value is -2.90. The van der Waals surface area contributed by atoms with Gasteiger partial charge in [0.25, 0.3) is 11.6 Å². The van der Waals surface area contributed by atoms with E-state index < -0.39 is 10.9 Å². The van der Waals surface area contributed by atoms with Crippen molar-refractivity contribution in [2.75, 3.05) is 6.61 Å². The fourth-order valence-corrected chi connectivity index (χ4v) is 6.00. The summed E-state index contributed by atoms with van der Waals surface area (Å²) < 4.78 is 5.16. The molecular formula is C21H23N3O5. The van der Waals surface area contributed by atoms with Crippen molar-refractivity contribution in [1.82, 2.24) is 10.3 Å². The van der Waals surface area contributed by atoms with Crippen molar-refractivity contribution in [3.05, 3.63) is 40.1 Å². The van der Waals surface area contributed by atoms with Gasteiger partial charge in [0.15, 0.2) is 6.61 Å². The molecule has 2 aromatic rings. The summed E-state index contributed by atoms with van der Waals surface area (Å²) >= 11 is 0. The van der Waals surface area contributed by atoms with Crippen LogP contribution in [0.2, 0.25) is 0 Å². The molecule has 1 aromatic carbocycles. The van der Waals surface area contributed by atoms with Gasteiger partial charge in [-0.3, -0.25) is 14.9 Å². The summed E-state index contributed by atoms with van der Waals surface area (Å²) in [6.07, 6.45) is 6.16. The van der Waals surface area contributed by atoms with Crippen LogP contribution < -0.4 is 5.32 Å². The molecule has 2 N–H and O–H groups in total. The Morgan fingerprint density at radius 1 is 1.14 bits per heavy atom. The number of para-hydroxylation sites is 1. The molecule has 1 heterocycles. The minimum atomic E-state index is -0.698. The number of nitro benzene ring substituents is 1. The molecule has 8 nitrogen and oxygen atoms in total. The summed E-state index contributed by atoms with van der Waals surface area (Å²) in [5.41, 5.74) is 0.250. The number of benzene rings is 1. The minimum Gasteiger partial charge on any atom is -0.451 e. The number of carbonyl (C=O) groups is 2. The first-order valence-corrected chi connectivity index (χ1v) is 10.2. The van der Waals surface area contributed by atoms with Gasteiger partial charge in [0.05, 0.1) is 4.92 Å². The van der Waals surface area contributed by atoms with Crippen LogP contribution in [0.5, 0.6) is 0 Å². The maximum atomic E-state index is 12.4. The lowest BCUT2D eigenvalue weighted by molar-refractivity contribution is -0.383. The first-order valence-electron chi connectivity index (χ1n) is 10.2. The van der Waals surface area contributed by atoms with Gasteiger partial charge in [0.1, 0.15) is 11.2 Å². The lowest BCUT2D eigenvalue weighted by Crippen LogP contribution is -2.56. The molecule has 8 heteroatoms. The van der Waals surface area contributed by atoms with Crippen molar-refractivity contribution < 1.29 is 19.2 Å². The van der Waals surface area contributed by atoms with Crippen molar-refractivity contribution in [2.45, 2.75) is 38.1 Å². The summed E-state index contributed by atoms with van der Waals surface area (Å²) in [6, 6.07) is 6.30. The second kappa shape index (κ2) is 6.86. The molecule has 0 atom stereocenters. The number of ether oxygens (including phenoxy) is 1. The third kappa shape index (κ3) is 3.26. The van der Waals surface area contributed by atoms with Crippen LogP contribution in [0.15, 0.2) is 24.3 Å². The Morgan fingerprint density at radius 3 is 2.48 bits per heavy atom. The zero-order valence-corrected chi connectivity index (χ0v) is 15.9. The predicted molar refractivity (Wildman–Crippen MR) is 104 cm³/mol. The van der Waals surface area contributed by atoms with E-state index in [0.29, 0.717) is 17.2 Å². The van der Waals surface area contributed by atoms with Crippen molar-refractivity contribution in [1.29, 1.82) is 0 Å². The fourth-order valence-electron chi connectivity index (χ4n) is 6.00. The SMILES string of the molecule is O=C(COC(=O)c1cc2cccc([N+](=O)[O-])c2[nH]1)NC1C2CC3CC(C2)CC1C3. The smallest absolute Gasteiger partial charge is 0.355 e. The minimum absolute atomic E-state index is 0.0942. The molecule has 152 valence electrons. The second-order valence-corrected chi connectivity index (χ2v) is 8.78. The van der Waals surface area contributed by atoms with Gasteiger partial charge in [0, 0.05) is 17.5 Å². The molecule has 0 aliphatic heterocycles. The molecule has 6 rings (SSSR count). The highest BCUT2D eigenvalue weighted by atomic mass is 16.6. The number of rotatable bonds is 5. The van der Waals surface area contributed by atoms with E-state index in [1.807, 2.05) is 0 Å². The average molecular weight is 397 g/mol. The third-order valence-electron chi connectivity index (χ3n) is 6.94. The molecule has 4 saturated carbocycles. The Labute approximate surface area is 167 Å². The summed E-state index contributed by atoms with van der Waals surface area (Å²) in [5.74, 6) is 1.79. The van der Waals surface area contributed by atoms with Crippen molar-refractivity contribution >= 4 is 28.5 Å². The average Bonchev–Trinajstić information content (AvgIpc) is 3.12. The number of non-ortho nitro benzene ring substituents is 1. The molecule has 4 bridgehead atoms. The van der Waals surface area contributed by atoms with Crippen LogP contribution >= 0.6 is 0 Å². The van der Waals surface area contributed by atoms with Crippen LogP contribution in [0.4, 0.5) is 5.69 Å². The lowest BCUT2D eigenvalue weighted by Gasteiger charge is -2.54. The molecular weight excluding hydrogens is 374 g/mol. The molecule has 29 heavy (non-hydrogen) atoms. The molecule has 0 unspecified atom stereocenters. The highest BCUT2D eigenvalue weighted by Gasteiger charge is 2.48. The monoisotopic (exact) mass is 397 g/mol. The number of nitrogens with one attached hydrogen (secondary N) is 2. The fraction of sp³-hybridized carbons (Fsp3) is 0.524. The van der Waals surface area contributed by atoms with E-state index in [-0.39, 0.29) is 35.5 Å². The number of amides is 1. The van der Waals surface area contributed by atoms with E-state index in [0.717, 1.165) is 11.8 Å². The van der Waals surface area contributed by atoms with Gasteiger partial charge in [-0.1, -0.05) is 12.1 Å². The number of esters is 1. The quantitative estimate of drug-likeness (QED) is 0.457. The molecule has 1 amide bonds. The number of nitrogens with zero attached hydrogens (tertiary/aromatic N) is 1. The van der Waals surface area contributed by atoms with E-state index in [1.54, 1.807) is 12.1 Å². The van der Waals surface area contributed by atoms with E-state index in [9.17, 15) is 19.7 Å². The molecule has 0 saturated heterocycles. The third-order valence-corrected chi connectivity index (χ3v) is 6.94. The number of carbonyl (C=O) groups excluding carboxylic acids is 2. The van der Waals surface area contributed by atoms with Crippen LogP contribution in [0.25, 0.3) is 10.9 Å². The Balaban J connectivity index is 1.21. The summed E-state index contributed by atoms with van der Waals surface area (Å²) in [7, 11) is 0. The van der Waals surface area contributed by atoms with Crippen LogP contribution in [0.1, 0.15) is 42.6 Å². The predicted octanol–water partition coefficient (Wildman–Crippen LogP) is 3.17. The van der Waals surface area contributed by atoms with Gasteiger partial charge in [0.2, 0.25) is 0 Å². The van der Waals surface area contributed by atoms with E-state index in [4.69, 9.17) is 4.74 Å². The van der Waals surface area contributed by atoms with Crippen molar-refractivity contribution in [3.63, 3.8) is 0 Å². The van der Waals surface area contributed by atoms with Gasteiger partial charge in [-0.2, -0.15) is 0 Å². The Morgan fingerprint density at radius 2 is 1.83 bits per heavy atom. The maximum Gasteiger partial charge on any atom is 0.355 e. The molecule has 1 aromatic heterocycles. The summed E-state index contributed by atoms with van der Waals surface area (Å²) in [5, 5.41) is 14.8. The van der Waals surface area contributed by atoms with Gasteiger partial charge in [-0.05, 0) is 61.8 Å². The highest BCUT2D eigenvalue weighted by molar-refractivity contribution is 5.98. The van der Waals surface area contributed by atoms with Crippen LogP contribution in [-0.2, 0) is 9.53 Å². The van der Waals surface area contributed by atoms with Gasteiger partial charge in [-0.25, -0.2) is 4.79 Å². The van der Waals surface area contributed by atoms with E-state index in [1.165, 1.54) is 44.2 Å². The molecule has 4 aliphatic rings. The number of aromatic amines is 1. The summed E-state index contributed by atoms with van der Waals surface area (Å²) in [6.45, 7) is -0.348. The number of aromatic nitrogens is 1.